The first kappa shape index (κ1) is 64.5. The van der Waals surface area contributed by atoms with Gasteiger partial charge in [-0.2, -0.15) is 0 Å². The predicted molar refractivity (Wildman–Crippen MR) is 430 cm³/mol. The molecule has 0 atom stereocenters. The second kappa shape index (κ2) is 31.4. The van der Waals surface area contributed by atoms with Crippen LogP contribution in [0.2, 0.25) is 0 Å². The lowest BCUT2D eigenvalue weighted by atomic mass is 10.1. The van der Waals surface area contributed by atoms with Gasteiger partial charge in [0.2, 0.25) is 0 Å². The predicted octanol–water partition coefficient (Wildman–Crippen LogP) is 24.6. The molecule has 0 spiro atoms. The topological polar surface area (TPSA) is 16.2 Å². The quantitative estimate of drug-likeness (QED) is 0.0948. The highest BCUT2D eigenvalue weighted by atomic mass is 15.2. The Morgan fingerprint density at radius 2 is 0.184 bits per heavy atom. The van der Waals surface area contributed by atoms with Gasteiger partial charge in [-0.3, -0.25) is 0 Å². The van der Waals surface area contributed by atoms with E-state index < -0.39 is 0 Å². The zero-order valence-corrected chi connectivity index (χ0v) is 56.4. The van der Waals surface area contributed by atoms with Gasteiger partial charge in [-0.1, -0.05) is 175 Å². The highest BCUT2D eigenvalue weighted by molar-refractivity contribution is 5.82. The summed E-state index contributed by atoms with van der Waals surface area (Å²) < 4.78 is 0. The molecule has 15 aromatic rings. The molecule has 103 heavy (non-hydrogen) atoms. The van der Waals surface area contributed by atoms with E-state index in [0.29, 0.717) is 0 Å². The third kappa shape index (κ3) is 15.8. The Hall–Kier alpha value is -14.5. The highest BCUT2D eigenvalue weighted by Gasteiger charge is 2.18. The Morgan fingerprint density at radius 1 is 0.0971 bits per heavy atom. The van der Waals surface area contributed by atoms with Crippen molar-refractivity contribution in [3.63, 3.8) is 0 Å². The molecule has 484 valence electrons. The molecule has 0 aliphatic rings. The normalized spacial score (nSPS) is 10.4. The lowest BCUT2D eigenvalue weighted by Crippen LogP contribution is -2.09. The number of hydrogen-bond donors (Lipinski definition) is 0. The lowest BCUT2D eigenvalue weighted by Gasteiger charge is -2.25. The van der Waals surface area contributed by atoms with Crippen molar-refractivity contribution < 1.29 is 0 Å². The van der Waals surface area contributed by atoms with Crippen LogP contribution in [-0.4, -0.2) is 0 Å². The molecule has 0 saturated carbocycles. The highest BCUT2D eigenvalue weighted by Crippen LogP contribution is 2.40. The van der Waals surface area contributed by atoms with Gasteiger partial charge in [0, 0.05) is 130 Å². The summed E-state index contributed by atoms with van der Waals surface area (Å²) in [4.78, 5) is 11.3. The van der Waals surface area contributed by atoms with Gasteiger partial charge in [-0.05, 0) is 279 Å². The van der Waals surface area contributed by atoms with Crippen molar-refractivity contribution in [3.05, 3.63) is 451 Å². The van der Waals surface area contributed by atoms with Gasteiger partial charge < -0.3 is 24.5 Å². The molecule has 0 N–H and O–H groups in total. The third-order valence-corrected chi connectivity index (χ3v) is 17.5. The summed E-state index contributed by atoms with van der Waals surface area (Å²) >= 11 is 0. The Kier molecular flexibility index (Phi) is 19.7. The second-order valence-corrected chi connectivity index (χ2v) is 24.4. The monoisotopic (exact) mass is 1310 g/mol. The van der Waals surface area contributed by atoms with Crippen molar-refractivity contribution in [2.75, 3.05) is 24.5 Å². The van der Waals surface area contributed by atoms with E-state index in [1.54, 1.807) is 0 Å². The van der Waals surface area contributed by atoms with Crippen molar-refractivity contribution >= 4 is 85.3 Å². The van der Waals surface area contributed by atoms with Crippen LogP contribution in [0.15, 0.2) is 406 Å². The number of para-hydroxylation sites is 7. The first-order valence-corrected chi connectivity index (χ1v) is 34.3. The molecular formula is C98H67N5. The van der Waals surface area contributed by atoms with E-state index in [0.717, 1.165) is 130 Å². The van der Waals surface area contributed by atoms with Crippen LogP contribution < -0.4 is 24.5 Å². The maximum Gasteiger partial charge on any atom is 0.0462 e. The number of anilines is 15. The molecule has 5 nitrogen and oxygen atoms in total. The molecule has 0 bridgehead atoms. The van der Waals surface area contributed by atoms with Gasteiger partial charge in [-0.25, -0.2) is 0 Å². The van der Waals surface area contributed by atoms with Crippen LogP contribution in [0, 0.1) is 47.4 Å². The minimum Gasteiger partial charge on any atom is -0.311 e. The molecule has 5 heteroatoms. The van der Waals surface area contributed by atoms with Gasteiger partial charge >= 0.3 is 0 Å². The fraction of sp³-hybridized carbons (Fsp3) is 0. The summed E-state index contributed by atoms with van der Waals surface area (Å²) in [6, 6.07) is 141. The van der Waals surface area contributed by atoms with Crippen LogP contribution in [0.1, 0.15) is 44.5 Å². The maximum atomic E-state index is 3.43. The Balaban J connectivity index is 0.595. The molecule has 0 saturated heterocycles. The standard InChI is InChI=1S/C98H67N5/c1-8-22-84(23-9-1)99(85-24-10-2-11-25-85)91-60-44-76(45-61-91)36-38-78-48-64-93(65-49-78)101(88-30-16-5-17-31-88)95-68-52-80(53-69-95)40-42-82-56-72-97(73-57-82)103(90-34-20-7-21-35-90)98-74-58-83(59-75-98)43-41-81-54-70-96(71-55-81)102(89-32-18-6-19-33-89)94-66-50-79(51-67-94)39-37-77-46-62-92(63-47-77)100(86-26-12-3-13-27-86)87-28-14-4-15-29-87/h1-35,44-75H. The van der Waals surface area contributed by atoms with E-state index in [4.69, 9.17) is 0 Å². The SMILES string of the molecule is C(#Cc1ccc(N(c2ccccc2)c2ccc(C#Cc3ccc(N(c4ccccc4)c4ccc(C#Cc5ccc(N(c6ccccc6)c6ccc(C#Cc7ccc(N(c8ccccc8)c8ccccc8)cc7)cc6)cc5)cc4)cc3)cc2)cc1)c1ccc(N(c2ccccc2)c2ccccc2)cc1. The van der Waals surface area contributed by atoms with E-state index in [2.05, 4.69) is 436 Å². The Morgan fingerprint density at radius 3 is 0.282 bits per heavy atom. The van der Waals surface area contributed by atoms with Crippen LogP contribution in [0.5, 0.6) is 0 Å². The van der Waals surface area contributed by atoms with Gasteiger partial charge in [0.05, 0.1) is 0 Å². The van der Waals surface area contributed by atoms with Crippen LogP contribution in [0.3, 0.4) is 0 Å². The zero-order valence-electron chi connectivity index (χ0n) is 56.4. The first-order valence-electron chi connectivity index (χ1n) is 34.3. The van der Waals surface area contributed by atoms with Crippen molar-refractivity contribution in [1.29, 1.82) is 0 Å². The summed E-state index contributed by atoms with van der Waals surface area (Å²) in [7, 11) is 0. The molecule has 0 aromatic heterocycles. The third-order valence-electron chi connectivity index (χ3n) is 17.5. The summed E-state index contributed by atoms with van der Waals surface area (Å²) in [5.41, 5.74) is 23.2. The average Bonchev–Trinajstić information content (AvgIpc) is 0.824. The fourth-order valence-electron chi connectivity index (χ4n) is 12.4. The number of benzene rings is 15. The van der Waals surface area contributed by atoms with Crippen LogP contribution in [-0.2, 0) is 0 Å². The van der Waals surface area contributed by atoms with E-state index >= 15 is 0 Å². The summed E-state index contributed by atoms with van der Waals surface area (Å²) in [6.07, 6.45) is 0. The van der Waals surface area contributed by atoms with Gasteiger partial charge in [0.15, 0.2) is 0 Å². The maximum absolute atomic E-state index is 3.43. The molecule has 15 rings (SSSR count). The van der Waals surface area contributed by atoms with Gasteiger partial charge in [0.1, 0.15) is 0 Å². The van der Waals surface area contributed by atoms with Gasteiger partial charge in [-0.15, -0.1) is 0 Å². The number of rotatable bonds is 15. The largest absolute Gasteiger partial charge is 0.311 e. The average molecular weight is 1310 g/mol. The Labute approximate surface area is 604 Å². The second-order valence-electron chi connectivity index (χ2n) is 24.4. The molecule has 0 radical (unpaired) electrons. The Bertz CT molecular complexity index is 5130. The van der Waals surface area contributed by atoms with Crippen molar-refractivity contribution in [1.82, 2.24) is 0 Å². The van der Waals surface area contributed by atoms with Crippen molar-refractivity contribution in [2.45, 2.75) is 0 Å². The molecule has 0 aliphatic carbocycles. The van der Waals surface area contributed by atoms with Crippen LogP contribution in [0.4, 0.5) is 85.3 Å². The molecule has 0 fully saturated rings. The molecule has 0 unspecified atom stereocenters. The van der Waals surface area contributed by atoms with Gasteiger partial charge in [0.25, 0.3) is 0 Å². The van der Waals surface area contributed by atoms with Crippen LogP contribution in [0.25, 0.3) is 0 Å². The molecule has 0 amide bonds. The van der Waals surface area contributed by atoms with Crippen LogP contribution >= 0.6 is 0 Å². The molecule has 0 heterocycles. The lowest BCUT2D eigenvalue weighted by molar-refractivity contribution is 1.28. The van der Waals surface area contributed by atoms with Crippen molar-refractivity contribution in [3.8, 4) is 47.4 Å². The zero-order chi connectivity index (χ0) is 69.2. The minimum absolute atomic E-state index is 0.918. The number of nitrogens with zero attached hydrogens (tertiary/aromatic N) is 5. The minimum atomic E-state index is 0.918. The molecule has 0 aliphatic heterocycles. The number of hydrogen-bond acceptors (Lipinski definition) is 5. The van der Waals surface area contributed by atoms with E-state index in [1.165, 1.54) is 0 Å². The molecule has 15 aromatic carbocycles. The summed E-state index contributed by atoms with van der Waals surface area (Å²) in [5.74, 6) is 27.3. The summed E-state index contributed by atoms with van der Waals surface area (Å²) in [6.45, 7) is 0. The fourth-order valence-corrected chi connectivity index (χ4v) is 12.4. The summed E-state index contributed by atoms with van der Waals surface area (Å²) in [5, 5.41) is 0. The van der Waals surface area contributed by atoms with E-state index in [1.807, 2.05) is 42.5 Å². The smallest absolute Gasteiger partial charge is 0.0462 e. The first-order chi connectivity index (χ1) is 51.0. The van der Waals surface area contributed by atoms with E-state index in [9.17, 15) is 0 Å². The molecular weight excluding hydrogens is 1250 g/mol. The van der Waals surface area contributed by atoms with E-state index in [-0.39, 0.29) is 0 Å². The van der Waals surface area contributed by atoms with Crippen molar-refractivity contribution in [2.24, 2.45) is 0 Å².